The molecule has 0 N–H and O–H groups in total. The highest BCUT2D eigenvalue weighted by Gasteiger charge is 2.43. The lowest BCUT2D eigenvalue weighted by molar-refractivity contribution is 0.0971. The first-order chi connectivity index (χ1) is 17.6. The van der Waals surface area contributed by atoms with Gasteiger partial charge in [-0.25, -0.2) is 4.39 Å². The molecule has 176 valence electrons. The van der Waals surface area contributed by atoms with Crippen molar-refractivity contribution in [3.05, 3.63) is 142 Å². The largest absolute Gasteiger partial charge is 0.489 e. The summed E-state index contributed by atoms with van der Waals surface area (Å²) in [5.74, 6) is -0.211. The third kappa shape index (κ3) is 3.73. The summed E-state index contributed by atoms with van der Waals surface area (Å²) in [5, 5.41) is 0.401. The predicted octanol–water partition coefficient (Wildman–Crippen LogP) is 6.26. The zero-order valence-corrected chi connectivity index (χ0v) is 19.1. The predicted molar refractivity (Wildman–Crippen MR) is 135 cm³/mol. The molecule has 1 aliphatic heterocycles. The molecule has 0 bridgehead atoms. The molecule has 2 heterocycles. The van der Waals surface area contributed by atoms with E-state index in [4.69, 9.17) is 9.15 Å². The minimum Gasteiger partial charge on any atom is -0.489 e. The number of amides is 1. The lowest BCUT2D eigenvalue weighted by Gasteiger charge is -2.25. The van der Waals surface area contributed by atoms with E-state index < -0.39 is 17.8 Å². The van der Waals surface area contributed by atoms with Crippen molar-refractivity contribution < 1.29 is 18.3 Å². The van der Waals surface area contributed by atoms with Crippen molar-refractivity contribution in [1.82, 2.24) is 0 Å². The van der Waals surface area contributed by atoms with Gasteiger partial charge in [0, 0.05) is 5.69 Å². The molecule has 1 aliphatic rings. The van der Waals surface area contributed by atoms with E-state index in [0.29, 0.717) is 34.6 Å². The molecule has 1 atom stereocenters. The molecule has 0 spiro atoms. The second-order valence-corrected chi connectivity index (χ2v) is 8.57. The van der Waals surface area contributed by atoms with Crippen molar-refractivity contribution in [2.75, 3.05) is 4.90 Å². The van der Waals surface area contributed by atoms with Gasteiger partial charge in [0.25, 0.3) is 5.91 Å². The first-order valence-electron chi connectivity index (χ1n) is 11.5. The molecule has 0 aliphatic carbocycles. The minimum absolute atomic E-state index is 0.00238. The van der Waals surface area contributed by atoms with E-state index in [9.17, 15) is 14.0 Å². The Balaban J connectivity index is 1.43. The van der Waals surface area contributed by atoms with E-state index in [1.54, 1.807) is 24.3 Å². The second kappa shape index (κ2) is 8.82. The van der Waals surface area contributed by atoms with Crippen molar-refractivity contribution in [2.24, 2.45) is 0 Å². The smallest absolute Gasteiger partial charge is 0.295 e. The normalized spacial score (nSPS) is 14.8. The van der Waals surface area contributed by atoms with E-state index in [-0.39, 0.29) is 16.8 Å². The quantitative estimate of drug-likeness (QED) is 0.300. The van der Waals surface area contributed by atoms with Gasteiger partial charge in [-0.1, -0.05) is 54.6 Å². The number of hydrogen-bond acceptors (Lipinski definition) is 4. The van der Waals surface area contributed by atoms with Gasteiger partial charge in [-0.15, -0.1) is 0 Å². The maximum atomic E-state index is 13.7. The number of anilines is 1. The van der Waals surface area contributed by atoms with Gasteiger partial charge in [0.1, 0.15) is 23.8 Å². The summed E-state index contributed by atoms with van der Waals surface area (Å²) in [6, 6.07) is 28.9. The highest BCUT2D eigenvalue weighted by molar-refractivity contribution is 6.10. The van der Waals surface area contributed by atoms with Gasteiger partial charge >= 0.3 is 0 Å². The van der Waals surface area contributed by atoms with Crippen LogP contribution in [-0.2, 0) is 6.61 Å². The maximum absolute atomic E-state index is 13.7. The molecule has 1 unspecified atom stereocenters. The Labute approximate surface area is 206 Å². The van der Waals surface area contributed by atoms with Crippen LogP contribution >= 0.6 is 0 Å². The summed E-state index contributed by atoms with van der Waals surface area (Å²) in [6.45, 7) is 0.419. The van der Waals surface area contributed by atoms with Crippen molar-refractivity contribution in [2.45, 2.75) is 12.6 Å². The molecule has 6 heteroatoms. The first kappa shape index (κ1) is 21.8. The Morgan fingerprint density at radius 3 is 2.25 bits per heavy atom. The Bertz CT molecular complexity index is 1630. The van der Waals surface area contributed by atoms with Crippen molar-refractivity contribution in [3.8, 4) is 5.75 Å². The van der Waals surface area contributed by atoms with Crippen molar-refractivity contribution in [3.63, 3.8) is 0 Å². The van der Waals surface area contributed by atoms with E-state index in [0.717, 1.165) is 5.56 Å². The number of benzene rings is 4. The van der Waals surface area contributed by atoms with Crippen molar-refractivity contribution in [1.29, 1.82) is 0 Å². The number of carbonyl (C=O) groups excluding carboxylic acids is 1. The van der Waals surface area contributed by atoms with Crippen LogP contribution in [0.3, 0.4) is 0 Å². The van der Waals surface area contributed by atoms with Crippen LogP contribution in [0.15, 0.2) is 112 Å². The second-order valence-electron chi connectivity index (χ2n) is 8.57. The number of halogens is 1. The van der Waals surface area contributed by atoms with Crippen LogP contribution in [0, 0.1) is 5.82 Å². The molecule has 1 amide bonds. The lowest BCUT2D eigenvalue weighted by Crippen LogP contribution is -2.29. The van der Waals surface area contributed by atoms with Gasteiger partial charge in [-0.3, -0.25) is 14.5 Å². The number of rotatable bonds is 5. The van der Waals surface area contributed by atoms with Crippen LogP contribution in [0.5, 0.6) is 5.75 Å². The molecule has 0 saturated heterocycles. The molecule has 0 saturated carbocycles. The monoisotopic (exact) mass is 477 g/mol. The van der Waals surface area contributed by atoms with Gasteiger partial charge < -0.3 is 9.15 Å². The Kier molecular flexibility index (Phi) is 5.34. The maximum Gasteiger partial charge on any atom is 0.295 e. The van der Waals surface area contributed by atoms with Crippen LogP contribution < -0.4 is 15.1 Å². The summed E-state index contributed by atoms with van der Waals surface area (Å²) in [4.78, 5) is 28.6. The number of fused-ring (bicyclic) bond motifs is 2. The van der Waals surface area contributed by atoms with Crippen LogP contribution in [0.25, 0.3) is 11.0 Å². The Morgan fingerprint density at radius 1 is 0.806 bits per heavy atom. The summed E-state index contributed by atoms with van der Waals surface area (Å²) in [5.41, 5.74) is 2.56. The standard InChI is InChI=1S/C30H20FNO4/c31-21-12-14-22(15-13-21)32-27(20-10-16-23(17-11-20)35-18-19-6-2-1-3-7-19)26-28(33)24-8-4-5-9-25(24)36-29(26)30(32)34/h1-17,27H,18H2. The van der Waals surface area contributed by atoms with Gasteiger partial charge in [-0.2, -0.15) is 0 Å². The molecule has 6 rings (SSSR count). The van der Waals surface area contributed by atoms with E-state index in [1.165, 1.54) is 29.2 Å². The van der Waals surface area contributed by atoms with Crippen LogP contribution in [0.1, 0.15) is 33.3 Å². The third-order valence-corrected chi connectivity index (χ3v) is 6.33. The molecular weight excluding hydrogens is 457 g/mol. The SMILES string of the molecule is O=C1c2oc3ccccc3c(=O)c2C(c2ccc(OCc3ccccc3)cc2)N1c1ccc(F)cc1. The molecule has 4 aromatic carbocycles. The molecule has 1 aromatic heterocycles. The van der Waals surface area contributed by atoms with E-state index in [2.05, 4.69) is 0 Å². The zero-order chi connectivity index (χ0) is 24.6. The molecular formula is C30H20FNO4. The molecule has 0 fully saturated rings. The Hall–Kier alpha value is -4.71. The highest BCUT2D eigenvalue weighted by Crippen LogP contribution is 2.41. The van der Waals surface area contributed by atoms with Crippen LogP contribution in [0.4, 0.5) is 10.1 Å². The number of carbonyl (C=O) groups is 1. The Morgan fingerprint density at radius 2 is 1.50 bits per heavy atom. The fourth-order valence-electron chi connectivity index (χ4n) is 4.59. The molecule has 36 heavy (non-hydrogen) atoms. The third-order valence-electron chi connectivity index (χ3n) is 6.33. The summed E-state index contributed by atoms with van der Waals surface area (Å²) < 4.78 is 25.5. The topological polar surface area (TPSA) is 59.8 Å². The number of nitrogens with zero attached hydrogens (tertiary/aromatic N) is 1. The summed E-state index contributed by atoms with van der Waals surface area (Å²) >= 11 is 0. The fourth-order valence-corrected chi connectivity index (χ4v) is 4.59. The lowest BCUT2D eigenvalue weighted by atomic mass is 9.98. The summed E-state index contributed by atoms with van der Waals surface area (Å²) in [7, 11) is 0. The molecule has 5 nitrogen and oxygen atoms in total. The first-order valence-corrected chi connectivity index (χ1v) is 11.5. The molecule has 5 aromatic rings. The number of hydrogen-bond donors (Lipinski definition) is 0. The summed E-state index contributed by atoms with van der Waals surface area (Å²) in [6.07, 6.45) is 0. The van der Waals surface area contributed by atoms with Crippen molar-refractivity contribution >= 4 is 22.6 Å². The average molecular weight is 477 g/mol. The van der Waals surface area contributed by atoms with E-state index in [1.807, 2.05) is 54.6 Å². The number of para-hydroxylation sites is 1. The van der Waals surface area contributed by atoms with Crippen LogP contribution in [-0.4, -0.2) is 5.91 Å². The van der Waals surface area contributed by atoms with Gasteiger partial charge in [0.2, 0.25) is 5.76 Å². The highest BCUT2D eigenvalue weighted by atomic mass is 19.1. The van der Waals surface area contributed by atoms with E-state index >= 15 is 0 Å². The van der Waals surface area contributed by atoms with Gasteiger partial charge in [-0.05, 0) is 59.7 Å². The minimum atomic E-state index is -0.734. The fraction of sp³-hybridized carbons (Fsp3) is 0.0667. The molecule has 0 radical (unpaired) electrons. The number of ether oxygens (including phenoxy) is 1. The zero-order valence-electron chi connectivity index (χ0n) is 19.1. The van der Waals surface area contributed by atoms with Gasteiger partial charge in [0.15, 0.2) is 5.43 Å². The van der Waals surface area contributed by atoms with Crippen LogP contribution in [0.2, 0.25) is 0 Å². The van der Waals surface area contributed by atoms with Gasteiger partial charge in [0.05, 0.1) is 17.0 Å². The average Bonchev–Trinajstić information content (AvgIpc) is 3.21.